The van der Waals surface area contributed by atoms with Crippen molar-refractivity contribution >= 4 is 10.0 Å². The lowest BCUT2D eigenvalue weighted by molar-refractivity contribution is 0.0645. The Hall–Kier alpha value is -1.70. The van der Waals surface area contributed by atoms with Crippen LogP contribution in [0.25, 0.3) is 0 Å². The molecule has 2 heterocycles. The monoisotopic (exact) mass is 377 g/mol. The average molecular weight is 378 g/mol. The molecule has 142 valence electrons. The first kappa shape index (κ1) is 19.1. The average Bonchev–Trinajstić information content (AvgIpc) is 2.88. The highest BCUT2D eigenvalue weighted by Gasteiger charge is 2.41. The van der Waals surface area contributed by atoms with Crippen molar-refractivity contribution in [2.24, 2.45) is 12.5 Å². The molecule has 0 aliphatic carbocycles. The maximum Gasteiger partial charge on any atom is 0.246 e. The van der Waals surface area contributed by atoms with Crippen molar-refractivity contribution in [2.45, 2.75) is 38.0 Å². The molecule has 0 saturated carbocycles. The van der Waals surface area contributed by atoms with Gasteiger partial charge in [0.1, 0.15) is 4.90 Å². The van der Waals surface area contributed by atoms with Crippen LogP contribution in [0.1, 0.15) is 29.8 Å². The van der Waals surface area contributed by atoms with Gasteiger partial charge in [-0.3, -0.25) is 4.68 Å². The first-order valence-corrected chi connectivity index (χ1v) is 10.4. The van der Waals surface area contributed by atoms with Crippen molar-refractivity contribution in [1.29, 1.82) is 0 Å². The van der Waals surface area contributed by atoms with Gasteiger partial charge in [0.15, 0.2) is 0 Å². The van der Waals surface area contributed by atoms with Gasteiger partial charge in [0.25, 0.3) is 0 Å². The fourth-order valence-electron chi connectivity index (χ4n) is 3.98. The van der Waals surface area contributed by atoms with E-state index < -0.39 is 15.4 Å². The van der Waals surface area contributed by atoms with Gasteiger partial charge in [-0.05, 0) is 38.7 Å². The summed E-state index contributed by atoms with van der Waals surface area (Å²) in [5.74, 6) is 0. The van der Waals surface area contributed by atoms with Crippen molar-refractivity contribution in [1.82, 2.24) is 14.1 Å². The predicted molar refractivity (Wildman–Crippen MR) is 100 cm³/mol. The molecule has 1 aromatic carbocycles. The van der Waals surface area contributed by atoms with Crippen LogP contribution in [0.2, 0.25) is 0 Å². The van der Waals surface area contributed by atoms with Crippen LogP contribution in [0.3, 0.4) is 0 Å². The zero-order chi connectivity index (χ0) is 18.9. The Bertz CT molecular complexity index is 877. The smallest absolute Gasteiger partial charge is 0.246 e. The summed E-state index contributed by atoms with van der Waals surface area (Å²) in [4.78, 5) is 0.299. The van der Waals surface area contributed by atoms with E-state index in [2.05, 4.69) is 5.10 Å². The Labute approximate surface area is 155 Å². The molecule has 0 radical (unpaired) electrons. The van der Waals surface area contributed by atoms with Gasteiger partial charge >= 0.3 is 0 Å². The Kier molecular flexibility index (Phi) is 5.23. The number of hydrogen-bond donors (Lipinski definition) is 1. The van der Waals surface area contributed by atoms with E-state index >= 15 is 0 Å². The molecule has 1 fully saturated rings. The molecule has 3 rings (SSSR count). The standard InChI is InChI=1S/C19H27N3O3S/c1-15-18(16(2)21(3)20-15)26(24,25)22-11-7-10-19(13-22,14-23)12-17-8-5-4-6-9-17/h4-6,8-9,23H,7,10-14H2,1-3H3. The van der Waals surface area contributed by atoms with Crippen molar-refractivity contribution < 1.29 is 13.5 Å². The summed E-state index contributed by atoms with van der Waals surface area (Å²) in [5.41, 5.74) is 1.84. The molecule has 1 aliphatic rings. The number of hydrogen-bond acceptors (Lipinski definition) is 4. The molecule has 6 nitrogen and oxygen atoms in total. The van der Waals surface area contributed by atoms with Gasteiger partial charge < -0.3 is 5.11 Å². The Balaban J connectivity index is 1.91. The summed E-state index contributed by atoms with van der Waals surface area (Å²) in [6.07, 6.45) is 2.22. The lowest BCUT2D eigenvalue weighted by Crippen LogP contribution is -2.49. The minimum atomic E-state index is -3.64. The second-order valence-corrected chi connectivity index (χ2v) is 9.26. The van der Waals surface area contributed by atoms with E-state index in [-0.39, 0.29) is 6.61 Å². The Morgan fingerprint density at radius 2 is 1.92 bits per heavy atom. The number of benzene rings is 1. The molecule has 1 aliphatic heterocycles. The van der Waals surface area contributed by atoms with E-state index in [4.69, 9.17) is 0 Å². The second-order valence-electron chi connectivity index (χ2n) is 7.39. The molecule has 2 aromatic rings. The summed E-state index contributed by atoms with van der Waals surface area (Å²) in [6, 6.07) is 9.96. The van der Waals surface area contributed by atoms with Gasteiger partial charge in [0.05, 0.1) is 18.0 Å². The van der Waals surface area contributed by atoms with Gasteiger partial charge in [-0.15, -0.1) is 0 Å². The molecular formula is C19H27N3O3S. The lowest BCUT2D eigenvalue weighted by Gasteiger charge is -2.41. The number of piperidine rings is 1. The van der Waals surface area contributed by atoms with Crippen LogP contribution in [0.15, 0.2) is 35.2 Å². The molecule has 1 aromatic heterocycles. The number of sulfonamides is 1. The van der Waals surface area contributed by atoms with E-state index in [0.717, 1.165) is 18.4 Å². The van der Waals surface area contributed by atoms with Crippen LogP contribution in [0, 0.1) is 19.3 Å². The number of aliphatic hydroxyl groups excluding tert-OH is 1. The zero-order valence-corrected chi connectivity index (χ0v) is 16.5. The molecular weight excluding hydrogens is 350 g/mol. The first-order chi connectivity index (χ1) is 12.3. The summed E-state index contributed by atoms with van der Waals surface area (Å²) in [6.45, 7) is 4.28. The van der Waals surface area contributed by atoms with E-state index in [1.165, 1.54) is 4.31 Å². The molecule has 7 heteroatoms. The van der Waals surface area contributed by atoms with Gasteiger partial charge in [0.2, 0.25) is 10.0 Å². The largest absolute Gasteiger partial charge is 0.396 e. The van der Waals surface area contributed by atoms with E-state index in [0.29, 0.717) is 35.8 Å². The highest BCUT2D eigenvalue weighted by molar-refractivity contribution is 7.89. The summed E-state index contributed by atoms with van der Waals surface area (Å²) >= 11 is 0. The molecule has 0 amide bonds. The Morgan fingerprint density at radius 1 is 1.23 bits per heavy atom. The summed E-state index contributed by atoms with van der Waals surface area (Å²) < 4.78 is 29.7. The van der Waals surface area contributed by atoms with Crippen LogP contribution >= 0.6 is 0 Å². The van der Waals surface area contributed by atoms with Gasteiger partial charge in [-0.25, -0.2) is 8.42 Å². The van der Waals surface area contributed by atoms with Crippen molar-refractivity contribution in [3.8, 4) is 0 Å². The minimum absolute atomic E-state index is 0.0289. The third-order valence-corrected chi connectivity index (χ3v) is 7.52. The fourth-order valence-corrected chi connectivity index (χ4v) is 5.97. The number of aryl methyl sites for hydroxylation is 2. The van der Waals surface area contributed by atoms with Crippen molar-refractivity contribution in [2.75, 3.05) is 19.7 Å². The zero-order valence-electron chi connectivity index (χ0n) is 15.6. The minimum Gasteiger partial charge on any atom is -0.396 e. The van der Waals surface area contributed by atoms with Gasteiger partial charge in [-0.2, -0.15) is 9.40 Å². The molecule has 1 N–H and O–H groups in total. The summed E-state index contributed by atoms with van der Waals surface area (Å²) in [7, 11) is -1.88. The highest BCUT2D eigenvalue weighted by atomic mass is 32.2. The van der Waals surface area contributed by atoms with E-state index in [1.807, 2.05) is 30.3 Å². The number of aromatic nitrogens is 2. The van der Waals surface area contributed by atoms with Gasteiger partial charge in [-0.1, -0.05) is 30.3 Å². The van der Waals surface area contributed by atoms with Crippen molar-refractivity contribution in [3.05, 3.63) is 47.3 Å². The van der Waals surface area contributed by atoms with Crippen LogP contribution < -0.4 is 0 Å². The van der Waals surface area contributed by atoms with E-state index in [9.17, 15) is 13.5 Å². The summed E-state index contributed by atoms with van der Waals surface area (Å²) in [5, 5.41) is 14.4. The molecule has 0 bridgehead atoms. The molecule has 1 unspecified atom stereocenters. The SMILES string of the molecule is Cc1nn(C)c(C)c1S(=O)(=O)N1CCCC(CO)(Cc2ccccc2)C1. The number of rotatable bonds is 5. The van der Waals surface area contributed by atoms with Crippen LogP contribution in [0.5, 0.6) is 0 Å². The molecule has 1 saturated heterocycles. The predicted octanol–water partition coefficient (Wildman–Crippen LogP) is 2.04. The Morgan fingerprint density at radius 3 is 2.50 bits per heavy atom. The van der Waals surface area contributed by atoms with Gasteiger partial charge in [0, 0.05) is 25.6 Å². The first-order valence-electron chi connectivity index (χ1n) is 8.94. The maximum absolute atomic E-state index is 13.3. The number of aliphatic hydroxyl groups is 1. The fraction of sp³-hybridized carbons (Fsp3) is 0.526. The lowest BCUT2D eigenvalue weighted by atomic mass is 9.76. The quantitative estimate of drug-likeness (QED) is 0.865. The van der Waals surface area contributed by atoms with Crippen LogP contribution in [0.4, 0.5) is 0 Å². The normalized spacial score (nSPS) is 21.8. The highest BCUT2D eigenvalue weighted by Crippen LogP contribution is 2.36. The topological polar surface area (TPSA) is 75.4 Å². The van der Waals surface area contributed by atoms with Crippen molar-refractivity contribution in [3.63, 3.8) is 0 Å². The third kappa shape index (κ3) is 3.43. The third-order valence-electron chi connectivity index (χ3n) is 5.42. The van der Waals surface area contributed by atoms with E-state index in [1.54, 1.807) is 25.6 Å². The molecule has 0 spiro atoms. The van der Waals surface area contributed by atoms with Crippen LogP contribution in [-0.2, 0) is 23.5 Å². The molecule has 26 heavy (non-hydrogen) atoms. The van der Waals surface area contributed by atoms with Crippen LogP contribution in [-0.4, -0.2) is 47.3 Å². The molecule has 1 atom stereocenters. The second kappa shape index (κ2) is 7.13. The maximum atomic E-state index is 13.3. The number of nitrogens with zero attached hydrogens (tertiary/aromatic N) is 3.